The van der Waals surface area contributed by atoms with Crippen LogP contribution in [0.1, 0.15) is 26.2 Å². The lowest BCUT2D eigenvalue weighted by Gasteiger charge is -2.18. The second-order valence-corrected chi connectivity index (χ2v) is 6.85. The van der Waals surface area contributed by atoms with E-state index in [4.69, 9.17) is 33.4 Å². The van der Waals surface area contributed by atoms with Crippen LogP contribution in [0.15, 0.2) is 28.8 Å². The first-order valence-corrected chi connectivity index (χ1v) is 7.96. The summed E-state index contributed by atoms with van der Waals surface area (Å²) in [4.78, 5) is 15.9. The van der Waals surface area contributed by atoms with Crippen molar-refractivity contribution in [1.29, 1.82) is 0 Å². The Labute approximate surface area is 145 Å². The molecule has 1 amide bonds. The summed E-state index contributed by atoms with van der Waals surface area (Å²) >= 11 is 12.0. The van der Waals surface area contributed by atoms with Crippen molar-refractivity contribution in [2.45, 2.75) is 32.2 Å². The minimum Gasteiger partial charge on any atom is -0.441 e. The summed E-state index contributed by atoms with van der Waals surface area (Å²) in [5.41, 5.74) is 6.09. The van der Waals surface area contributed by atoms with E-state index in [1.807, 2.05) is 13.8 Å². The maximum atomic E-state index is 11.8. The van der Waals surface area contributed by atoms with Crippen molar-refractivity contribution in [1.82, 2.24) is 10.3 Å². The van der Waals surface area contributed by atoms with Crippen molar-refractivity contribution in [2.24, 2.45) is 5.73 Å². The van der Waals surface area contributed by atoms with E-state index in [1.165, 1.54) is 0 Å². The lowest BCUT2D eigenvalue weighted by Crippen LogP contribution is -2.45. The molecule has 0 bridgehead atoms. The molecule has 0 saturated heterocycles. The van der Waals surface area contributed by atoms with E-state index < -0.39 is 5.54 Å². The van der Waals surface area contributed by atoms with Gasteiger partial charge in [-0.15, -0.1) is 0 Å². The average molecular weight is 356 g/mol. The Morgan fingerprint density at radius 2 is 2.13 bits per heavy atom. The zero-order chi connectivity index (χ0) is 17.0. The third-order valence-corrected chi connectivity index (χ3v) is 3.61. The van der Waals surface area contributed by atoms with E-state index in [9.17, 15) is 4.79 Å². The number of aromatic nitrogens is 1. The molecule has 0 fully saturated rings. The molecule has 1 aromatic carbocycles. The highest BCUT2D eigenvalue weighted by atomic mass is 35.5. The largest absolute Gasteiger partial charge is 0.441 e. The van der Waals surface area contributed by atoms with Crippen LogP contribution in [0.4, 0.5) is 0 Å². The molecule has 5 nitrogen and oxygen atoms in total. The standard InChI is InChI=1S/C16H19Cl2N3O2/c1-16(2,19)9-21-14(22)5-6-15-20-8-13(23-15)11-4-3-10(17)7-12(11)18/h3-4,7-8H,5-6,9,19H2,1-2H3,(H,21,22). The zero-order valence-electron chi connectivity index (χ0n) is 13.0. The van der Waals surface area contributed by atoms with Gasteiger partial charge in [-0.25, -0.2) is 4.98 Å². The Morgan fingerprint density at radius 1 is 1.39 bits per heavy atom. The normalized spacial score (nSPS) is 11.5. The Hall–Kier alpha value is -1.56. The van der Waals surface area contributed by atoms with E-state index in [2.05, 4.69) is 10.3 Å². The van der Waals surface area contributed by atoms with E-state index in [1.54, 1.807) is 24.4 Å². The number of nitrogens with zero attached hydrogens (tertiary/aromatic N) is 1. The van der Waals surface area contributed by atoms with Gasteiger partial charge in [-0.2, -0.15) is 0 Å². The predicted molar refractivity (Wildman–Crippen MR) is 91.6 cm³/mol. The molecule has 0 unspecified atom stereocenters. The number of benzene rings is 1. The first kappa shape index (κ1) is 17.8. The molecule has 0 radical (unpaired) electrons. The SMILES string of the molecule is CC(C)(N)CNC(=O)CCc1ncc(-c2ccc(Cl)cc2Cl)o1. The van der Waals surface area contributed by atoms with Crippen molar-refractivity contribution in [3.8, 4) is 11.3 Å². The van der Waals surface area contributed by atoms with Gasteiger partial charge in [0.1, 0.15) is 0 Å². The first-order valence-electron chi connectivity index (χ1n) is 7.20. The highest BCUT2D eigenvalue weighted by molar-refractivity contribution is 6.36. The molecular formula is C16H19Cl2N3O2. The van der Waals surface area contributed by atoms with Gasteiger partial charge in [0.2, 0.25) is 5.91 Å². The number of nitrogens with one attached hydrogen (secondary N) is 1. The van der Waals surface area contributed by atoms with Crippen molar-refractivity contribution < 1.29 is 9.21 Å². The Morgan fingerprint density at radius 3 is 2.78 bits per heavy atom. The molecule has 124 valence electrons. The molecule has 1 aromatic heterocycles. The second-order valence-electron chi connectivity index (χ2n) is 6.01. The quantitative estimate of drug-likeness (QED) is 0.831. The molecule has 0 spiro atoms. The summed E-state index contributed by atoms with van der Waals surface area (Å²) in [5, 5.41) is 3.82. The predicted octanol–water partition coefficient (Wildman–Crippen LogP) is 3.43. The minimum absolute atomic E-state index is 0.0900. The molecule has 1 heterocycles. The van der Waals surface area contributed by atoms with E-state index in [0.717, 1.165) is 0 Å². The number of amides is 1. The van der Waals surface area contributed by atoms with Crippen LogP contribution in [-0.2, 0) is 11.2 Å². The molecule has 0 aliphatic heterocycles. The number of carbonyl (C=O) groups excluding carboxylic acids is 1. The number of rotatable bonds is 6. The lowest BCUT2D eigenvalue weighted by molar-refractivity contribution is -0.121. The summed E-state index contributed by atoms with van der Waals surface area (Å²) in [7, 11) is 0. The third-order valence-electron chi connectivity index (χ3n) is 3.06. The van der Waals surface area contributed by atoms with E-state index >= 15 is 0 Å². The number of nitrogens with two attached hydrogens (primary N) is 1. The van der Waals surface area contributed by atoms with Crippen LogP contribution in [0.25, 0.3) is 11.3 Å². The van der Waals surface area contributed by atoms with Crippen LogP contribution in [0.2, 0.25) is 10.0 Å². The summed E-state index contributed by atoms with van der Waals surface area (Å²) in [6.45, 7) is 4.12. The van der Waals surface area contributed by atoms with Crippen LogP contribution in [-0.4, -0.2) is 23.0 Å². The fourth-order valence-electron chi connectivity index (χ4n) is 1.87. The van der Waals surface area contributed by atoms with Gasteiger partial charge in [-0.3, -0.25) is 4.79 Å². The summed E-state index contributed by atoms with van der Waals surface area (Å²) < 4.78 is 5.64. The molecule has 0 aliphatic carbocycles. The molecule has 0 aliphatic rings. The highest BCUT2D eigenvalue weighted by Gasteiger charge is 2.14. The molecule has 23 heavy (non-hydrogen) atoms. The van der Waals surface area contributed by atoms with Crippen molar-refractivity contribution in [3.05, 3.63) is 40.3 Å². The number of hydrogen-bond donors (Lipinski definition) is 2. The third kappa shape index (κ3) is 5.53. The van der Waals surface area contributed by atoms with Gasteiger partial charge in [-0.1, -0.05) is 23.2 Å². The fraction of sp³-hybridized carbons (Fsp3) is 0.375. The number of hydrogen-bond acceptors (Lipinski definition) is 4. The summed E-state index contributed by atoms with van der Waals surface area (Å²) in [5.74, 6) is 0.936. The topological polar surface area (TPSA) is 81.1 Å². The van der Waals surface area contributed by atoms with E-state index in [-0.39, 0.29) is 12.3 Å². The fourth-order valence-corrected chi connectivity index (χ4v) is 2.38. The van der Waals surface area contributed by atoms with Gasteiger partial charge in [0.05, 0.1) is 11.2 Å². The van der Waals surface area contributed by atoms with Gasteiger partial charge >= 0.3 is 0 Å². The highest BCUT2D eigenvalue weighted by Crippen LogP contribution is 2.30. The lowest BCUT2D eigenvalue weighted by atomic mass is 10.1. The van der Waals surface area contributed by atoms with Crippen LogP contribution in [0.3, 0.4) is 0 Å². The van der Waals surface area contributed by atoms with Gasteiger partial charge in [0, 0.05) is 35.5 Å². The maximum Gasteiger partial charge on any atom is 0.220 e. The average Bonchev–Trinajstić information content (AvgIpc) is 2.91. The molecule has 2 rings (SSSR count). The molecular weight excluding hydrogens is 337 g/mol. The first-order chi connectivity index (χ1) is 10.7. The van der Waals surface area contributed by atoms with Crippen LogP contribution < -0.4 is 11.1 Å². The summed E-state index contributed by atoms with van der Waals surface area (Å²) in [6.07, 6.45) is 2.28. The number of aryl methyl sites for hydroxylation is 1. The molecule has 3 N–H and O–H groups in total. The Kier molecular flexibility index (Phi) is 5.68. The molecule has 0 atom stereocenters. The van der Waals surface area contributed by atoms with Crippen LogP contribution >= 0.6 is 23.2 Å². The number of oxazole rings is 1. The maximum absolute atomic E-state index is 11.8. The van der Waals surface area contributed by atoms with E-state index in [0.29, 0.717) is 40.2 Å². The second kappa shape index (κ2) is 7.34. The number of halogens is 2. The van der Waals surface area contributed by atoms with Crippen molar-refractivity contribution in [3.63, 3.8) is 0 Å². The Balaban J connectivity index is 1.94. The zero-order valence-corrected chi connectivity index (χ0v) is 14.5. The Bertz CT molecular complexity index is 693. The smallest absolute Gasteiger partial charge is 0.220 e. The van der Waals surface area contributed by atoms with Crippen molar-refractivity contribution in [2.75, 3.05) is 6.54 Å². The molecule has 7 heteroatoms. The molecule has 2 aromatic rings. The van der Waals surface area contributed by atoms with Gasteiger partial charge < -0.3 is 15.5 Å². The van der Waals surface area contributed by atoms with Crippen molar-refractivity contribution >= 4 is 29.1 Å². The van der Waals surface area contributed by atoms with Gasteiger partial charge in [0.25, 0.3) is 0 Å². The number of carbonyl (C=O) groups is 1. The van der Waals surface area contributed by atoms with Crippen LogP contribution in [0, 0.1) is 0 Å². The molecule has 0 saturated carbocycles. The summed E-state index contributed by atoms with van der Waals surface area (Å²) in [6, 6.07) is 5.14. The van der Waals surface area contributed by atoms with Gasteiger partial charge in [0.15, 0.2) is 11.7 Å². The van der Waals surface area contributed by atoms with Crippen LogP contribution in [0.5, 0.6) is 0 Å². The minimum atomic E-state index is -0.433. The monoisotopic (exact) mass is 355 g/mol. The van der Waals surface area contributed by atoms with Gasteiger partial charge in [-0.05, 0) is 32.0 Å².